The molecule has 88 valence electrons. The van der Waals surface area contributed by atoms with Crippen LogP contribution in [-0.2, 0) is 6.54 Å². The predicted molar refractivity (Wildman–Crippen MR) is 60.0 cm³/mol. The number of nitrogens with zero attached hydrogens (tertiary/aromatic N) is 4. The van der Waals surface area contributed by atoms with Gasteiger partial charge in [-0.15, -0.1) is 0 Å². The molecule has 1 fully saturated rings. The number of halogens is 1. The van der Waals surface area contributed by atoms with Gasteiger partial charge >= 0.3 is 5.95 Å². The summed E-state index contributed by atoms with van der Waals surface area (Å²) in [7, 11) is 0. The molecule has 1 heterocycles. The predicted octanol–water partition coefficient (Wildman–Crippen LogP) is 1.09. The topological polar surface area (TPSA) is 85.9 Å². The number of rotatable bonds is 6. The maximum atomic E-state index is 10.4. The Morgan fingerprint density at radius 2 is 2.38 bits per heavy atom. The van der Waals surface area contributed by atoms with E-state index < -0.39 is 4.92 Å². The Balaban J connectivity index is 1.80. The summed E-state index contributed by atoms with van der Waals surface area (Å²) in [5, 5.41) is 17.6. The van der Waals surface area contributed by atoms with Crippen LogP contribution < -0.4 is 5.32 Å². The van der Waals surface area contributed by atoms with Gasteiger partial charge in [-0.3, -0.25) is 0 Å². The zero-order valence-corrected chi connectivity index (χ0v) is 10.2. The molecule has 0 radical (unpaired) electrons. The Labute approximate surface area is 101 Å². The Kier molecular flexibility index (Phi) is 3.49. The van der Waals surface area contributed by atoms with E-state index in [2.05, 4.69) is 31.3 Å². The van der Waals surface area contributed by atoms with Crippen molar-refractivity contribution in [3.05, 3.63) is 14.8 Å². The van der Waals surface area contributed by atoms with Crippen molar-refractivity contribution >= 4 is 21.9 Å². The molecule has 1 N–H and O–H groups in total. The quantitative estimate of drug-likeness (QED) is 0.481. The summed E-state index contributed by atoms with van der Waals surface area (Å²) < 4.78 is 1.91. The molecule has 1 aromatic heterocycles. The summed E-state index contributed by atoms with van der Waals surface area (Å²) in [6, 6.07) is 0.688. The fraction of sp³-hybridized carbons (Fsp3) is 0.750. The van der Waals surface area contributed by atoms with Gasteiger partial charge in [-0.1, -0.05) is 0 Å². The van der Waals surface area contributed by atoms with E-state index in [0.29, 0.717) is 17.3 Å². The molecule has 7 nitrogen and oxygen atoms in total. The van der Waals surface area contributed by atoms with Crippen LogP contribution in [0.5, 0.6) is 0 Å². The summed E-state index contributed by atoms with van der Waals surface area (Å²) in [4.78, 5) is 13.5. The first-order valence-electron chi connectivity index (χ1n) is 5.15. The maximum Gasteiger partial charge on any atom is 0.492 e. The van der Waals surface area contributed by atoms with Gasteiger partial charge in [-0.2, -0.15) is 4.68 Å². The first-order chi connectivity index (χ1) is 7.66. The van der Waals surface area contributed by atoms with Crippen LogP contribution in [0.15, 0.2) is 4.73 Å². The van der Waals surface area contributed by atoms with Crippen molar-refractivity contribution in [1.29, 1.82) is 0 Å². The Morgan fingerprint density at radius 1 is 1.62 bits per heavy atom. The molecule has 0 atom stereocenters. The summed E-state index contributed by atoms with van der Waals surface area (Å²) >= 11 is 3.14. The second-order valence-electron chi connectivity index (χ2n) is 3.74. The lowest BCUT2D eigenvalue weighted by molar-refractivity contribution is -0.394. The number of hydrogen-bond acceptors (Lipinski definition) is 5. The molecular formula is C8H12BrN5O2. The van der Waals surface area contributed by atoms with Crippen LogP contribution in [0.2, 0.25) is 0 Å². The van der Waals surface area contributed by atoms with Crippen molar-refractivity contribution in [2.24, 2.45) is 0 Å². The third-order valence-corrected chi connectivity index (χ3v) is 2.92. The molecule has 0 aromatic carbocycles. The van der Waals surface area contributed by atoms with Gasteiger partial charge in [-0.05, 0) is 35.7 Å². The number of nitro groups is 1. The summed E-state index contributed by atoms with van der Waals surface area (Å²) in [6.45, 7) is 1.53. The first-order valence-corrected chi connectivity index (χ1v) is 5.94. The van der Waals surface area contributed by atoms with Gasteiger partial charge in [0.1, 0.15) is 0 Å². The van der Waals surface area contributed by atoms with Crippen molar-refractivity contribution in [3.63, 3.8) is 0 Å². The van der Waals surface area contributed by atoms with Crippen LogP contribution in [0.4, 0.5) is 5.95 Å². The minimum atomic E-state index is -0.594. The Bertz CT molecular complexity index is 390. The smallest absolute Gasteiger partial charge is 0.390 e. The molecule has 1 aliphatic rings. The average Bonchev–Trinajstić information content (AvgIpc) is 2.98. The van der Waals surface area contributed by atoms with Gasteiger partial charge in [0.05, 0.1) is 6.54 Å². The molecule has 0 bridgehead atoms. The molecule has 1 aromatic rings. The van der Waals surface area contributed by atoms with E-state index in [1.165, 1.54) is 17.5 Å². The van der Waals surface area contributed by atoms with Crippen molar-refractivity contribution in [3.8, 4) is 0 Å². The highest BCUT2D eigenvalue weighted by Gasteiger charge is 2.21. The summed E-state index contributed by atoms with van der Waals surface area (Å²) in [5.74, 6) is -0.359. The number of aryl methyl sites for hydroxylation is 1. The minimum absolute atomic E-state index is 0.359. The van der Waals surface area contributed by atoms with E-state index in [4.69, 9.17) is 0 Å². The third-order valence-electron chi connectivity index (χ3n) is 2.34. The van der Waals surface area contributed by atoms with Crippen molar-refractivity contribution in [1.82, 2.24) is 20.1 Å². The Hall–Kier alpha value is -1.02. The normalized spacial score (nSPS) is 15.3. The molecule has 2 rings (SSSR count). The average molecular weight is 290 g/mol. The van der Waals surface area contributed by atoms with Crippen molar-refractivity contribution < 1.29 is 4.92 Å². The zero-order chi connectivity index (χ0) is 11.5. The van der Waals surface area contributed by atoms with Crippen LogP contribution in [0.3, 0.4) is 0 Å². The monoisotopic (exact) mass is 289 g/mol. The molecule has 0 saturated heterocycles. The Morgan fingerprint density at radius 3 is 2.94 bits per heavy atom. The van der Waals surface area contributed by atoms with Gasteiger partial charge in [-0.25, -0.2) is 0 Å². The minimum Gasteiger partial charge on any atom is -0.390 e. The molecule has 0 spiro atoms. The molecular weight excluding hydrogens is 278 g/mol. The van der Waals surface area contributed by atoms with Gasteiger partial charge in [0.2, 0.25) is 0 Å². The summed E-state index contributed by atoms with van der Waals surface area (Å²) in [6.07, 6.45) is 3.41. The van der Waals surface area contributed by atoms with Crippen LogP contribution >= 0.6 is 15.9 Å². The lowest BCUT2D eigenvalue weighted by Crippen LogP contribution is -2.19. The molecule has 0 amide bonds. The zero-order valence-electron chi connectivity index (χ0n) is 8.60. The van der Waals surface area contributed by atoms with Crippen LogP contribution in [-0.4, -0.2) is 32.3 Å². The number of hydrogen-bond donors (Lipinski definition) is 1. The lowest BCUT2D eigenvalue weighted by atomic mass is 10.4. The van der Waals surface area contributed by atoms with E-state index in [1.54, 1.807) is 0 Å². The van der Waals surface area contributed by atoms with Crippen molar-refractivity contribution in [2.45, 2.75) is 31.8 Å². The fourth-order valence-corrected chi connectivity index (χ4v) is 1.77. The van der Waals surface area contributed by atoms with Gasteiger partial charge in [0.25, 0.3) is 4.73 Å². The molecule has 1 aliphatic carbocycles. The maximum absolute atomic E-state index is 10.4. The lowest BCUT2D eigenvalue weighted by Gasteiger charge is -2.00. The second-order valence-corrected chi connectivity index (χ2v) is 4.45. The molecule has 8 heteroatoms. The molecule has 0 unspecified atom stereocenters. The van der Waals surface area contributed by atoms with Gasteiger partial charge in [0, 0.05) is 27.1 Å². The number of aromatic nitrogens is 3. The second kappa shape index (κ2) is 4.88. The van der Waals surface area contributed by atoms with Gasteiger partial charge in [0.15, 0.2) is 0 Å². The van der Waals surface area contributed by atoms with Crippen LogP contribution in [0, 0.1) is 10.1 Å². The van der Waals surface area contributed by atoms with E-state index in [0.717, 1.165) is 13.0 Å². The molecule has 0 aliphatic heterocycles. The van der Waals surface area contributed by atoms with E-state index >= 15 is 0 Å². The van der Waals surface area contributed by atoms with Gasteiger partial charge < -0.3 is 15.4 Å². The number of nitrogens with one attached hydrogen (secondary N) is 1. The van der Waals surface area contributed by atoms with Crippen LogP contribution in [0.1, 0.15) is 19.3 Å². The van der Waals surface area contributed by atoms with Crippen LogP contribution in [0.25, 0.3) is 0 Å². The van der Waals surface area contributed by atoms with E-state index in [9.17, 15) is 10.1 Å². The third kappa shape index (κ3) is 2.99. The van der Waals surface area contributed by atoms with E-state index in [-0.39, 0.29) is 5.95 Å². The fourth-order valence-electron chi connectivity index (χ4n) is 1.35. The highest BCUT2D eigenvalue weighted by molar-refractivity contribution is 9.10. The largest absolute Gasteiger partial charge is 0.492 e. The standard InChI is InChI=1S/C8H12BrN5O2/c9-7-11-8(14(15)16)12-13(7)5-1-4-10-6-2-3-6/h6,10H,1-5H2. The molecule has 1 saturated carbocycles. The highest BCUT2D eigenvalue weighted by Crippen LogP contribution is 2.18. The summed E-state index contributed by atoms with van der Waals surface area (Å²) in [5.41, 5.74) is 0. The first kappa shape index (κ1) is 11.5. The SMILES string of the molecule is O=[N+]([O-])c1nc(Br)n(CCCNC2CC2)n1. The molecule has 16 heavy (non-hydrogen) atoms. The van der Waals surface area contributed by atoms with Crippen molar-refractivity contribution in [2.75, 3.05) is 6.54 Å². The van der Waals surface area contributed by atoms with E-state index in [1.807, 2.05) is 0 Å². The highest BCUT2D eigenvalue weighted by atomic mass is 79.9.